The number of hydrogen-bond acceptors (Lipinski definition) is 1. The summed E-state index contributed by atoms with van der Waals surface area (Å²) in [5.74, 6) is 1.42. The van der Waals surface area contributed by atoms with Crippen molar-refractivity contribution in [3.8, 4) is 0 Å². The summed E-state index contributed by atoms with van der Waals surface area (Å²) < 4.78 is 0. The van der Waals surface area contributed by atoms with Crippen LogP contribution < -0.4 is 0 Å². The summed E-state index contributed by atoms with van der Waals surface area (Å²) in [6, 6.07) is 0. The molecule has 1 atom stereocenters. The fourth-order valence-electron chi connectivity index (χ4n) is 0.606. The van der Waals surface area contributed by atoms with Gasteiger partial charge >= 0.3 is 0 Å². The van der Waals surface area contributed by atoms with Crippen LogP contribution in [0.5, 0.6) is 0 Å². The Bertz CT molecular complexity index is 36.4. The van der Waals surface area contributed by atoms with Crippen LogP contribution in [-0.2, 0) is 0 Å². The van der Waals surface area contributed by atoms with Crippen molar-refractivity contribution < 1.29 is 0 Å². The average Bonchev–Trinajstić information content (AvgIpc) is 1.31. The molecule has 0 N–H and O–H groups in total. The fraction of sp³-hybridized carbons (Fsp3) is 1.00. The largest absolute Gasteiger partial charge is 0.159 e. The van der Waals surface area contributed by atoms with E-state index in [0.717, 1.165) is 5.25 Å². The molecule has 0 aromatic carbocycles. The van der Waals surface area contributed by atoms with Crippen LogP contribution in [0.25, 0.3) is 0 Å². The molecule has 1 heterocycles. The van der Waals surface area contributed by atoms with Gasteiger partial charge in [0.2, 0.25) is 0 Å². The van der Waals surface area contributed by atoms with Crippen LogP contribution in [0.1, 0.15) is 19.8 Å². The third-order valence-corrected chi connectivity index (χ3v) is 2.76. The molecule has 1 fully saturated rings. The Morgan fingerprint density at radius 1 is 1.83 bits per heavy atom. The molecular formula is C5H10S. The maximum atomic E-state index is 2.26. The van der Waals surface area contributed by atoms with Gasteiger partial charge in [0.15, 0.2) is 0 Å². The third-order valence-electron chi connectivity index (χ3n) is 1.25. The summed E-state index contributed by atoms with van der Waals surface area (Å²) in [5, 5.41) is 1.03. The van der Waals surface area contributed by atoms with Gasteiger partial charge in [0, 0.05) is 5.25 Å². The summed E-state index contributed by atoms with van der Waals surface area (Å²) in [4.78, 5) is 0. The highest BCUT2D eigenvalue weighted by atomic mass is 32.2. The quantitative estimate of drug-likeness (QED) is 0.487. The maximum absolute atomic E-state index is 2.26. The van der Waals surface area contributed by atoms with E-state index in [1.165, 1.54) is 18.6 Å². The zero-order valence-corrected chi connectivity index (χ0v) is 4.92. The first-order valence-electron chi connectivity index (χ1n) is 2.55. The molecule has 0 spiro atoms. The average molecular weight is 102 g/mol. The molecule has 6 heavy (non-hydrogen) atoms. The van der Waals surface area contributed by atoms with E-state index in [-0.39, 0.29) is 0 Å². The van der Waals surface area contributed by atoms with Gasteiger partial charge in [-0.15, -0.1) is 0 Å². The van der Waals surface area contributed by atoms with Crippen molar-refractivity contribution in [2.45, 2.75) is 25.0 Å². The van der Waals surface area contributed by atoms with Gasteiger partial charge in [-0.25, -0.2) is 0 Å². The predicted octanol–water partition coefficient (Wildman–Crippen LogP) is 1.90. The molecule has 1 rings (SSSR count). The standard InChI is InChI=1S/C5H10S/c1-2-5-3-4-6-5/h5H,2-4H2,1H3/t5-/m0/s1. The van der Waals surface area contributed by atoms with E-state index in [1.807, 2.05) is 0 Å². The molecule has 1 aliphatic heterocycles. The molecule has 0 nitrogen and oxygen atoms in total. The van der Waals surface area contributed by atoms with Gasteiger partial charge in [0.25, 0.3) is 0 Å². The first-order chi connectivity index (χ1) is 2.93. The lowest BCUT2D eigenvalue weighted by Gasteiger charge is -2.22. The van der Waals surface area contributed by atoms with Crippen LogP contribution in [0.3, 0.4) is 0 Å². The molecule has 0 amide bonds. The summed E-state index contributed by atoms with van der Waals surface area (Å²) in [5.41, 5.74) is 0. The molecule has 0 radical (unpaired) electrons. The second-order valence-corrected chi connectivity index (χ2v) is 3.10. The van der Waals surface area contributed by atoms with Crippen molar-refractivity contribution in [2.75, 3.05) is 5.75 Å². The van der Waals surface area contributed by atoms with Crippen molar-refractivity contribution in [1.29, 1.82) is 0 Å². The van der Waals surface area contributed by atoms with Crippen LogP contribution in [0, 0.1) is 0 Å². The monoisotopic (exact) mass is 102 g/mol. The van der Waals surface area contributed by atoms with E-state index in [1.54, 1.807) is 0 Å². The molecule has 0 aromatic heterocycles. The lowest BCUT2D eigenvalue weighted by atomic mass is 10.2. The Morgan fingerprint density at radius 2 is 2.50 bits per heavy atom. The van der Waals surface area contributed by atoms with Gasteiger partial charge in [0.1, 0.15) is 0 Å². The van der Waals surface area contributed by atoms with E-state index >= 15 is 0 Å². The minimum atomic E-state index is 1.03. The molecule has 36 valence electrons. The Kier molecular flexibility index (Phi) is 1.41. The summed E-state index contributed by atoms with van der Waals surface area (Å²) in [7, 11) is 0. The molecule has 0 saturated carbocycles. The number of thioether (sulfide) groups is 1. The minimum Gasteiger partial charge on any atom is -0.159 e. The normalized spacial score (nSPS) is 32.5. The molecule has 1 heteroatoms. The van der Waals surface area contributed by atoms with Crippen molar-refractivity contribution in [3.63, 3.8) is 0 Å². The molecule has 0 bridgehead atoms. The van der Waals surface area contributed by atoms with Crippen LogP contribution in [0.15, 0.2) is 0 Å². The molecule has 1 aliphatic rings. The van der Waals surface area contributed by atoms with Crippen LogP contribution >= 0.6 is 11.8 Å². The second-order valence-electron chi connectivity index (χ2n) is 1.69. The Hall–Kier alpha value is 0.350. The van der Waals surface area contributed by atoms with Gasteiger partial charge in [-0.3, -0.25) is 0 Å². The predicted molar refractivity (Wildman–Crippen MR) is 31.2 cm³/mol. The van der Waals surface area contributed by atoms with Crippen molar-refractivity contribution in [1.82, 2.24) is 0 Å². The van der Waals surface area contributed by atoms with E-state index in [9.17, 15) is 0 Å². The summed E-state index contributed by atoms with van der Waals surface area (Å²) in [6.07, 6.45) is 2.85. The second kappa shape index (κ2) is 1.87. The van der Waals surface area contributed by atoms with Gasteiger partial charge in [-0.05, 0) is 18.6 Å². The topological polar surface area (TPSA) is 0 Å². The highest BCUT2D eigenvalue weighted by molar-refractivity contribution is 8.01. The fourth-order valence-corrected chi connectivity index (χ4v) is 1.41. The summed E-state index contributed by atoms with van der Waals surface area (Å²) >= 11 is 2.11. The maximum Gasteiger partial charge on any atom is 0.00522 e. The first kappa shape index (κ1) is 4.51. The van der Waals surface area contributed by atoms with Gasteiger partial charge in [-0.1, -0.05) is 6.92 Å². The SMILES string of the molecule is CC[C@H]1CCS1. The van der Waals surface area contributed by atoms with E-state index in [0.29, 0.717) is 0 Å². The molecule has 0 aliphatic carbocycles. The molecule has 0 unspecified atom stereocenters. The van der Waals surface area contributed by atoms with Crippen molar-refractivity contribution >= 4 is 11.8 Å². The van der Waals surface area contributed by atoms with Crippen molar-refractivity contribution in [3.05, 3.63) is 0 Å². The lowest BCUT2D eigenvalue weighted by Crippen LogP contribution is -2.12. The Labute approximate surface area is 43.3 Å². The zero-order chi connectivity index (χ0) is 4.41. The lowest BCUT2D eigenvalue weighted by molar-refractivity contribution is 0.757. The van der Waals surface area contributed by atoms with Crippen LogP contribution in [0.4, 0.5) is 0 Å². The third kappa shape index (κ3) is 0.700. The highest BCUT2D eigenvalue weighted by Gasteiger charge is 2.14. The zero-order valence-electron chi connectivity index (χ0n) is 4.11. The van der Waals surface area contributed by atoms with Crippen LogP contribution in [-0.4, -0.2) is 11.0 Å². The van der Waals surface area contributed by atoms with Gasteiger partial charge in [0.05, 0.1) is 0 Å². The molecule has 1 saturated heterocycles. The smallest absolute Gasteiger partial charge is 0.00522 e. The van der Waals surface area contributed by atoms with Gasteiger partial charge in [-0.2, -0.15) is 11.8 Å². The molecule has 0 aromatic rings. The van der Waals surface area contributed by atoms with E-state index < -0.39 is 0 Å². The summed E-state index contributed by atoms with van der Waals surface area (Å²) in [6.45, 7) is 2.26. The Morgan fingerprint density at radius 3 is 2.50 bits per heavy atom. The minimum absolute atomic E-state index is 1.03. The number of rotatable bonds is 1. The van der Waals surface area contributed by atoms with E-state index in [4.69, 9.17) is 0 Å². The van der Waals surface area contributed by atoms with Crippen molar-refractivity contribution in [2.24, 2.45) is 0 Å². The Balaban J connectivity index is 2.01. The highest BCUT2D eigenvalue weighted by Crippen LogP contribution is 2.29. The van der Waals surface area contributed by atoms with Crippen LogP contribution in [0.2, 0.25) is 0 Å². The first-order valence-corrected chi connectivity index (χ1v) is 3.60. The van der Waals surface area contributed by atoms with Gasteiger partial charge < -0.3 is 0 Å². The molecular weight excluding hydrogens is 92.1 g/mol. The van der Waals surface area contributed by atoms with E-state index in [2.05, 4.69) is 18.7 Å². The number of hydrogen-bond donors (Lipinski definition) is 0.